The fourth-order valence-electron chi connectivity index (χ4n) is 3.21. The van der Waals surface area contributed by atoms with Gasteiger partial charge in [0.15, 0.2) is 0 Å². The van der Waals surface area contributed by atoms with E-state index in [1.165, 1.54) is 55.5 Å². The molecule has 0 radical (unpaired) electrons. The van der Waals surface area contributed by atoms with Gasteiger partial charge >= 0.3 is 0 Å². The first kappa shape index (κ1) is 15.5. The average Bonchev–Trinajstić information content (AvgIpc) is 2.45. The Bertz CT molecular complexity index is 408. The van der Waals surface area contributed by atoms with Gasteiger partial charge < -0.3 is 10.2 Å². The van der Waals surface area contributed by atoms with Crippen LogP contribution in [0.4, 0.5) is 0 Å². The molecule has 1 aromatic rings. The van der Waals surface area contributed by atoms with Crippen LogP contribution < -0.4 is 5.32 Å². The van der Waals surface area contributed by atoms with Crippen molar-refractivity contribution in [3.8, 4) is 0 Å². The Hall–Kier alpha value is -0.860. The van der Waals surface area contributed by atoms with Gasteiger partial charge in [-0.3, -0.25) is 0 Å². The molecule has 0 bridgehead atoms. The summed E-state index contributed by atoms with van der Waals surface area (Å²) in [6, 6.07) is 7.36. The van der Waals surface area contributed by atoms with Crippen molar-refractivity contribution in [3.63, 3.8) is 0 Å². The fraction of sp³-hybridized carbons (Fsp3) is 0.667. The lowest BCUT2D eigenvalue weighted by molar-refractivity contribution is 0.205. The number of nitrogens with one attached hydrogen (secondary N) is 1. The Morgan fingerprint density at radius 2 is 1.90 bits per heavy atom. The third kappa shape index (κ3) is 4.32. The van der Waals surface area contributed by atoms with E-state index in [-0.39, 0.29) is 0 Å². The van der Waals surface area contributed by atoms with Crippen molar-refractivity contribution in [2.75, 3.05) is 26.2 Å². The molecule has 1 saturated heterocycles. The number of hydrogen-bond donors (Lipinski definition) is 1. The number of aryl methyl sites for hydroxylation is 2. The molecule has 0 amide bonds. The Labute approximate surface area is 124 Å². The van der Waals surface area contributed by atoms with Gasteiger partial charge in [-0.1, -0.05) is 37.1 Å². The zero-order valence-corrected chi connectivity index (χ0v) is 13.4. The molecule has 0 aliphatic carbocycles. The fourth-order valence-corrected chi connectivity index (χ4v) is 3.21. The number of likely N-dealkylation sites (tertiary alicyclic amines) is 1. The van der Waals surface area contributed by atoms with Gasteiger partial charge in [-0.15, -0.1) is 0 Å². The van der Waals surface area contributed by atoms with E-state index >= 15 is 0 Å². The zero-order valence-electron chi connectivity index (χ0n) is 13.4. The summed E-state index contributed by atoms with van der Waals surface area (Å²) in [5, 5.41) is 3.75. The van der Waals surface area contributed by atoms with Gasteiger partial charge in [0.25, 0.3) is 0 Å². The van der Waals surface area contributed by atoms with Crippen LogP contribution in [0.2, 0.25) is 0 Å². The largest absolute Gasteiger partial charge is 0.309 e. The van der Waals surface area contributed by atoms with Gasteiger partial charge in [0, 0.05) is 12.6 Å². The SMILES string of the molecule is CCCNC(CN1CCCCC1)c1ccc(C)cc1C. The highest BCUT2D eigenvalue weighted by atomic mass is 15.2. The van der Waals surface area contributed by atoms with Crippen molar-refractivity contribution < 1.29 is 0 Å². The van der Waals surface area contributed by atoms with E-state index in [1.54, 1.807) is 0 Å². The molecule has 1 aromatic carbocycles. The van der Waals surface area contributed by atoms with Gasteiger partial charge in [0.1, 0.15) is 0 Å². The molecule has 1 aliphatic rings. The molecule has 1 fully saturated rings. The highest BCUT2D eigenvalue weighted by Gasteiger charge is 2.18. The van der Waals surface area contributed by atoms with Crippen LogP contribution in [0.1, 0.15) is 55.3 Å². The second kappa shape index (κ2) is 7.80. The van der Waals surface area contributed by atoms with Crippen molar-refractivity contribution >= 4 is 0 Å². The summed E-state index contributed by atoms with van der Waals surface area (Å²) in [5.74, 6) is 0. The van der Waals surface area contributed by atoms with E-state index < -0.39 is 0 Å². The first-order chi connectivity index (χ1) is 9.70. The summed E-state index contributed by atoms with van der Waals surface area (Å²) in [6.07, 6.45) is 5.34. The Kier molecular flexibility index (Phi) is 6.06. The number of piperidine rings is 1. The molecular formula is C18H30N2. The van der Waals surface area contributed by atoms with Crippen LogP contribution in [-0.4, -0.2) is 31.1 Å². The topological polar surface area (TPSA) is 15.3 Å². The van der Waals surface area contributed by atoms with Crippen molar-refractivity contribution in [2.45, 2.75) is 52.5 Å². The predicted molar refractivity (Wildman–Crippen MR) is 87.2 cm³/mol. The summed E-state index contributed by atoms with van der Waals surface area (Å²) < 4.78 is 0. The van der Waals surface area contributed by atoms with Crippen molar-refractivity contribution in [1.82, 2.24) is 10.2 Å². The van der Waals surface area contributed by atoms with Gasteiger partial charge in [0.05, 0.1) is 0 Å². The van der Waals surface area contributed by atoms with Crippen LogP contribution in [0.3, 0.4) is 0 Å². The lowest BCUT2D eigenvalue weighted by Crippen LogP contribution is -2.38. The minimum atomic E-state index is 0.480. The van der Waals surface area contributed by atoms with Gasteiger partial charge in [0.2, 0.25) is 0 Å². The smallest absolute Gasteiger partial charge is 0.0451 e. The Balaban J connectivity index is 2.08. The number of benzene rings is 1. The molecule has 1 heterocycles. The van der Waals surface area contributed by atoms with E-state index in [0.29, 0.717) is 6.04 Å². The predicted octanol–water partition coefficient (Wildman–Crippen LogP) is 3.83. The van der Waals surface area contributed by atoms with Crippen LogP contribution in [-0.2, 0) is 0 Å². The second-order valence-corrected chi connectivity index (χ2v) is 6.23. The molecule has 1 unspecified atom stereocenters. The molecule has 20 heavy (non-hydrogen) atoms. The summed E-state index contributed by atoms with van der Waals surface area (Å²) in [5.41, 5.74) is 4.27. The standard InChI is InChI=1S/C18H30N2/c1-4-10-19-18(14-20-11-6-5-7-12-20)17-9-8-15(2)13-16(17)3/h8-9,13,18-19H,4-7,10-12,14H2,1-3H3. The minimum Gasteiger partial charge on any atom is -0.309 e. The summed E-state index contributed by atoms with van der Waals surface area (Å²) in [7, 11) is 0. The maximum Gasteiger partial charge on any atom is 0.0451 e. The molecule has 1 N–H and O–H groups in total. The highest BCUT2D eigenvalue weighted by Crippen LogP contribution is 2.21. The monoisotopic (exact) mass is 274 g/mol. The van der Waals surface area contributed by atoms with E-state index in [4.69, 9.17) is 0 Å². The van der Waals surface area contributed by atoms with Crippen molar-refractivity contribution in [2.24, 2.45) is 0 Å². The van der Waals surface area contributed by atoms with Crippen LogP contribution in [0.25, 0.3) is 0 Å². The second-order valence-electron chi connectivity index (χ2n) is 6.23. The number of rotatable bonds is 6. The van der Waals surface area contributed by atoms with Gasteiger partial charge in [-0.05, 0) is 63.9 Å². The molecular weight excluding hydrogens is 244 g/mol. The molecule has 1 atom stereocenters. The lowest BCUT2D eigenvalue weighted by Gasteiger charge is -2.32. The highest BCUT2D eigenvalue weighted by molar-refractivity contribution is 5.33. The van der Waals surface area contributed by atoms with Crippen LogP contribution in [0.15, 0.2) is 18.2 Å². The van der Waals surface area contributed by atoms with Gasteiger partial charge in [-0.2, -0.15) is 0 Å². The maximum atomic E-state index is 3.75. The Morgan fingerprint density at radius 3 is 2.55 bits per heavy atom. The molecule has 0 saturated carbocycles. The van der Waals surface area contributed by atoms with E-state index in [2.05, 4.69) is 49.2 Å². The molecule has 0 aromatic heterocycles. The third-order valence-electron chi connectivity index (χ3n) is 4.33. The number of nitrogens with zero attached hydrogens (tertiary/aromatic N) is 1. The summed E-state index contributed by atoms with van der Waals surface area (Å²) >= 11 is 0. The summed E-state index contributed by atoms with van der Waals surface area (Å²) in [4.78, 5) is 2.64. The maximum absolute atomic E-state index is 3.75. The molecule has 2 nitrogen and oxygen atoms in total. The van der Waals surface area contributed by atoms with Crippen LogP contribution in [0.5, 0.6) is 0 Å². The van der Waals surface area contributed by atoms with E-state index in [9.17, 15) is 0 Å². The van der Waals surface area contributed by atoms with Crippen molar-refractivity contribution in [3.05, 3.63) is 34.9 Å². The van der Waals surface area contributed by atoms with Crippen LogP contribution in [0, 0.1) is 13.8 Å². The third-order valence-corrected chi connectivity index (χ3v) is 4.33. The van der Waals surface area contributed by atoms with Crippen LogP contribution >= 0.6 is 0 Å². The normalized spacial score (nSPS) is 18.1. The lowest BCUT2D eigenvalue weighted by atomic mass is 9.98. The quantitative estimate of drug-likeness (QED) is 0.848. The van der Waals surface area contributed by atoms with E-state index in [1.807, 2.05) is 0 Å². The number of hydrogen-bond acceptors (Lipinski definition) is 2. The molecule has 0 spiro atoms. The molecule has 2 rings (SSSR count). The molecule has 2 heteroatoms. The Morgan fingerprint density at radius 1 is 1.15 bits per heavy atom. The minimum absolute atomic E-state index is 0.480. The average molecular weight is 274 g/mol. The van der Waals surface area contributed by atoms with E-state index in [0.717, 1.165) is 13.1 Å². The first-order valence-corrected chi connectivity index (χ1v) is 8.23. The molecule has 112 valence electrons. The van der Waals surface area contributed by atoms with Gasteiger partial charge in [-0.25, -0.2) is 0 Å². The zero-order chi connectivity index (χ0) is 14.4. The first-order valence-electron chi connectivity index (χ1n) is 8.23. The summed E-state index contributed by atoms with van der Waals surface area (Å²) in [6.45, 7) is 11.5. The molecule has 1 aliphatic heterocycles. The van der Waals surface area contributed by atoms with Crippen molar-refractivity contribution in [1.29, 1.82) is 0 Å².